The van der Waals surface area contributed by atoms with Crippen LogP contribution in [0.3, 0.4) is 0 Å². The average molecular weight is 357 g/mol. The number of hydrogen-bond acceptors (Lipinski definition) is 9. The quantitative estimate of drug-likeness (QED) is 0.551. The van der Waals surface area contributed by atoms with Crippen molar-refractivity contribution in [3.05, 3.63) is 35.4 Å². The molecule has 1 saturated heterocycles. The van der Waals surface area contributed by atoms with Crippen LogP contribution in [0.5, 0.6) is 0 Å². The third-order valence-electron chi connectivity index (χ3n) is 5.10. The van der Waals surface area contributed by atoms with E-state index in [2.05, 4.69) is 20.0 Å². The zero-order chi connectivity index (χ0) is 18.5. The minimum Gasteiger partial charge on any atom is -0.394 e. The van der Waals surface area contributed by atoms with Crippen LogP contribution in [-0.4, -0.2) is 64.5 Å². The zero-order valence-electron chi connectivity index (χ0n) is 14.0. The van der Waals surface area contributed by atoms with Crippen molar-refractivity contribution in [1.29, 1.82) is 0 Å². The van der Waals surface area contributed by atoms with Crippen LogP contribution in [0.15, 0.2) is 44.2 Å². The van der Waals surface area contributed by atoms with Gasteiger partial charge in [-0.3, -0.25) is 5.73 Å². The molecule has 0 amide bonds. The lowest BCUT2D eigenvalue weighted by Crippen LogP contribution is -2.50. The molecule has 4 rings (SSSR count). The Kier molecular flexibility index (Phi) is 3.86. The standard InChI is InChI=1S/C17H19N5O4/c1-16(14(25)12(24)11(6-23)26-16)9-4-2-3-5-10(9)17(18)13-15(20-7-19-13)21-8-22-17/h2-5,7-8,11-12,14,23-25H,6,18H2,1H3/t11-,12-,14-,16+,17?/m1/s1. The molecular weight excluding hydrogens is 338 g/mol. The number of aliphatic hydroxyl groups is 3. The predicted molar refractivity (Wildman–Crippen MR) is 95.5 cm³/mol. The lowest BCUT2D eigenvalue weighted by molar-refractivity contribution is -0.0864. The molecular formula is C17H19N5O4. The lowest BCUT2D eigenvalue weighted by Gasteiger charge is -2.35. The molecule has 136 valence electrons. The fourth-order valence-corrected chi connectivity index (χ4v) is 3.66. The molecule has 1 unspecified atom stereocenters. The number of rotatable bonds is 3. The molecule has 5 N–H and O–H groups in total. The summed E-state index contributed by atoms with van der Waals surface area (Å²) in [7, 11) is 0. The van der Waals surface area contributed by atoms with Gasteiger partial charge < -0.3 is 20.1 Å². The maximum absolute atomic E-state index is 10.6. The fourth-order valence-electron chi connectivity index (χ4n) is 3.66. The first-order valence-electron chi connectivity index (χ1n) is 8.18. The molecule has 0 aromatic heterocycles. The van der Waals surface area contributed by atoms with Crippen LogP contribution in [-0.2, 0) is 16.0 Å². The lowest BCUT2D eigenvalue weighted by atomic mass is 9.80. The molecule has 26 heavy (non-hydrogen) atoms. The molecule has 3 heterocycles. The second-order valence-corrected chi connectivity index (χ2v) is 6.61. The summed E-state index contributed by atoms with van der Waals surface area (Å²) < 4.78 is 5.84. The molecule has 3 aliphatic rings. The third kappa shape index (κ3) is 2.22. The highest BCUT2D eigenvalue weighted by Gasteiger charge is 2.54. The highest BCUT2D eigenvalue weighted by atomic mass is 16.6. The van der Waals surface area contributed by atoms with E-state index in [4.69, 9.17) is 10.5 Å². The Morgan fingerprint density at radius 1 is 1.15 bits per heavy atom. The molecule has 5 atom stereocenters. The predicted octanol–water partition coefficient (Wildman–Crippen LogP) is -0.950. The van der Waals surface area contributed by atoms with Crippen molar-refractivity contribution in [1.82, 2.24) is 0 Å². The molecule has 0 spiro atoms. The van der Waals surface area contributed by atoms with Crippen LogP contribution in [0.2, 0.25) is 0 Å². The maximum atomic E-state index is 10.6. The van der Waals surface area contributed by atoms with Crippen LogP contribution in [0.25, 0.3) is 0 Å². The Morgan fingerprint density at radius 2 is 1.88 bits per heavy atom. The number of ether oxygens (including phenoxy) is 1. The van der Waals surface area contributed by atoms with Gasteiger partial charge in [0.1, 0.15) is 42.3 Å². The number of benzene rings is 1. The second kappa shape index (κ2) is 5.86. The summed E-state index contributed by atoms with van der Waals surface area (Å²) >= 11 is 0. The summed E-state index contributed by atoms with van der Waals surface area (Å²) in [5, 5.41) is 30.3. The van der Waals surface area contributed by atoms with Gasteiger partial charge in [0.05, 0.1) is 6.61 Å². The Balaban J connectivity index is 1.85. The van der Waals surface area contributed by atoms with Gasteiger partial charge in [-0.25, -0.2) is 20.0 Å². The number of amidine groups is 1. The van der Waals surface area contributed by atoms with E-state index in [-0.39, 0.29) is 0 Å². The van der Waals surface area contributed by atoms with E-state index >= 15 is 0 Å². The molecule has 0 aliphatic carbocycles. The molecule has 1 aromatic rings. The van der Waals surface area contributed by atoms with Crippen LogP contribution < -0.4 is 5.73 Å². The van der Waals surface area contributed by atoms with E-state index in [9.17, 15) is 15.3 Å². The first kappa shape index (κ1) is 17.1. The summed E-state index contributed by atoms with van der Waals surface area (Å²) in [5.74, 6) is 0.378. The summed E-state index contributed by atoms with van der Waals surface area (Å²) in [6.07, 6.45) is -0.706. The number of aliphatic hydroxyl groups excluding tert-OH is 3. The van der Waals surface area contributed by atoms with Crippen molar-refractivity contribution in [2.45, 2.75) is 36.5 Å². The highest BCUT2D eigenvalue weighted by molar-refractivity contribution is 6.50. The second-order valence-electron chi connectivity index (χ2n) is 6.61. The summed E-state index contributed by atoms with van der Waals surface area (Å²) in [5.41, 5.74) is 5.42. The Hall–Kier alpha value is -2.30. The molecule has 1 fully saturated rings. The van der Waals surface area contributed by atoms with E-state index < -0.39 is 36.2 Å². The van der Waals surface area contributed by atoms with Gasteiger partial charge in [-0.15, -0.1) is 0 Å². The molecule has 0 radical (unpaired) electrons. The Labute approximate surface area is 149 Å². The van der Waals surface area contributed by atoms with Crippen molar-refractivity contribution in [2.24, 2.45) is 25.7 Å². The Bertz CT molecular complexity index is 866. The van der Waals surface area contributed by atoms with Crippen molar-refractivity contribution < 1.29 is 20.1 Å². The molecule has 9 heteroatoms. The maximum Gasteiger partial charge on any atom is 0.182 e. The molecule has 9 nitrogen and oxygen atoms in total. The smallest absolute Gasteiger partial charge is 0.182 e. The minimum absolute atomic E-state index is 0.378. The summed E-state index contributed by atoms with van der Waals surface area (Å²) in [4.78, 5) is 16.7. The largest absolute Gasteiger partial charge is 0.394 e. The van der Waals surface area contributed by atoms with Gasteiger partial charge in [0.25, 0.3) is 0 Å². The average Bonchev–Trinajstić information content (AvgIpc) is 3.22. The van der Waals surface area contributed by atoms with Crippen LogP contribution in [0.1, 0.15) is 18.1 Å². The van der Waals surface area contributed by atoms with Crippen molar-refractivity contribution in [3.63, 3.8) is 0 Å². The normalized spacial score (nSPS) is 38.3. The van der Waals surface area contributed by atoms with E-state index in [1.165, 1.54) is 12.7 Å². The third-order valence-corrected chi connectivity index (χ3v) is 5.10. The zero-order valence-corrected chi connectivity index (χ0v) is 14.0. The van der Waals surface area contributed by atoms with Gasteiger partial charge in [-0.05, 0) is 12.5 Å². The number of hydrogen-bond donors (Lipinski definition) is 4. The molecule has 3 aliphatic heterocycles. The van der Waals surface area contributed by atoms with Crippen molar-refractivity contribution >= 4 is 24.2 Å². The SMILES string of the molecule is C[C@@]1(c2ccccc2C2(N)N=CN=C3N=CN=C32)O[C@H](CO)[C@@H](O)[C@H]1O. The summed E-state index contributed by atoms with van der Waals surface area (Å²) in [6.45, 7) is 1.23. The minimum atomic E-state index is -1.36. The van der Waals surface area contributed by atoms with Gasteiger partial charge in [-0.1, -0.05) is 24.3 Å². The number of nitrogens with zero attached hydrogens (tertiary/aromatic N) is 4. The number of fused-ring (bicyclic) bond motifs is 1. The number of nitrogens with two attached hydrogens (primary N) is 1. The van der Waals surface area contributed by atoms with Gasteiger partial charge in [-0.2, -0.15) is 0 Å². The van der Waals surface area contributed by atoms with Gasteiger partial charge in [0.15, 0.2) is 11.5 Å². The first-order chi connectivity index (χ1) is 12.4. The van der Waals surface area contributed by atoms with Crippen LogP contribution in [0.4, 0.5) is 0 Å². The van der Waals surface area contributed by atoms with Gasteiger partial charge in [0, 0.05) is 5.56 Å². The Morgan fingerprint density at radius 3 is 2.58 bits per heavy atom. The van der Waals surface area contributed by atoms with E-state index in [1.54, 1.807) is 31.2 Å². The monoisotopic (exact) mass is 357 g/mol. The fraction of sp³-hybridized carbons (Fsp3) is 0.412. The number of aliphatic imine (C=N–C) groups is 4. The van der Waals surface area contributed by atoms with Gasteiger partial charge >= 0.3 is 0 Å². The molecule has 0 bridgehead atoms. The molecule has 0 saturated carbocycles. The van der Waals surface area contributed by atoms with E-state index in [0.29, 0.717) is 22.7 Å². The van der Waals surface area contributed by atoms with E-state index in [1.807, 2.05) is 0 Å². The van der Waals surface area contributed by atoms with E-state index in [0.717, 1.165) is 0 Å². The summed E-state index contributed by atoms with van der Waals surface area (Å²) in [6, 6.07) is 7.07. The topological polar surface area (TPSA) is 145 Å². The highest BCUT2D eigenvalue weighted by Crippen LogP contribution is 2.43. The molecule has 1 aromatic carbocycles. The van der Waals surface area contributed by atoms with Crippen LogP contribution >= 0.6 is 0 Å². The van der Waals surface area contributed by atoms with Gasteiger partial charge in [0.2, 0.25) is 0 Å². The first-order valence-corrected chi connectivity index (χ1v) is 8.18. The van der Waals surface area contributed by atoms with Crippen molar-refractivity contribution in [3.8, 4) is 0 Å². The van der Waals surface area contributed by atoms with Crippen LogP contribution in [0, 0.1) is 0 Å². The van der Waals surface area contributed by atoms with Crippen molar-refractivity contribution in [2.75, 3.05) is 6.61 Å².